The lowest BCUT2D eigenvalue weighted by Gasteiger charge is -2.04. The van der Waals surface area contributed by atoms with Crippen LogP contribution in [0.25, 0.3) is 0 Å². The number of ketones is 1. The van der Waals surface area contributed by atoms with Crippen LogP contribution in [0, 0.1) is 0 Å². The summed E-state index contributed by atoms with van der Waals surface area (Å²) in [5.74, 6) is 0.598. The number of allylic oxidation sites excluding steroid dienone is 2. The summed E-state index contributed by atoms with van der Waals surface area (Å²) in [6, 6.07) is 5.12. The van der Waals surface area contributed by atoms with Gasteiger partial charge in [-0.15, -0.1) is 0 Å². The highest BCUT2D eigenvalue weighted by atomic mass is 16.5. The molecule has 0 saturated heterocycles. The minimum Gasteiger partial charge on any atom is -0.504 e. The second kappa shape index (κ2) is 5.20. The highest BCUT2D eigenvalue weighted by Crippen LogP contribution is 2.26. The van der Waals surface area contributed by atoms with Crippen molar-refractivity contribution in [3.05, 3.63) is 35.9 Å². The quantitative estimate of drug-likeness (QED) is 0.767. The second-order valence-corrected chi connectivity index (χ2v) is 3.22. The number of ether oxygens (including phenoxy) is 1. The molecule has 0 aliphatic carbocycles. The van der Waals surface area contributed by atoms with E-state index < -0.39 is 0 Å². The summed E-state index contributed by atoms with van der Waals surface area (Å²) in [7, 11) is 1.50. The summed E-state index contributed by atoms with van der Waals surface area (Å²) in [6.07, 6.45) is 3.96. The normalized spacial score (nSPS) is 10.5. The van der Waals surface area contributed by atoms with Gasteiger partial charge < -0.3 is 9.84 Å². The van der Waals surface area contributed by atoms with E-state index in [1.165, 1.54) is 20.1 Å². The molecule has 0 unspecified atom stereocenters. The molecule has 0 radical (unpaired) electrons. The van der Waals surface area contributed by atoms with E-state index in [1.54, 1.807) is 24.3 Å². The zero-order chi connectivity index (χ0) is 11.3. The number of phenols is 1. The smallest absolute Gasteiger partial charge is 0.160 e. The van der Waals surface area contributed by atoms with E-state index in [0.29, 0.717) is 12.2 Å². The predicted octanol–water partition coefficient (Wildman–Crippen LogP) is 2.09. The highest BCUT2D eigenvalue weighted by Gasteiger charge is 2.00. The molecule has 3 nitrogen and oxygen atoms in total. The summed E-state index contributed by atoms with van der Waals surface area (Å²) in [5.41, 5.74) is 0.988. The topological polar surface area (TPSA) is 46.5 Å². The fourth-order valence-electron chi connectivity index (χ4n) is 1.21. The van der Waals surface area contributed by atoms with Crippen molar-refractivity contribution in [2.24, 2.45) is 0 Å². The van der Waals surface area contributed by atoms with Gasteiger partial charge in [0, 0.05) is 0 Å². The van der Waals surface area contributed by atoms with E-state index in [2.05, 4.69) is 0 Å². The average molecular weight is 206 g/mol. The molecule has 1 aromatic rings. The van der Waals surface area contributed by atoms with E-state index in [4.69, 9.17) is 4.74 Å². The molecule has 1 rings (SSSR count). The number of carbonyl (C=O) groups excluding carboxylic acids is 1. The van der Waals surface area contributed by atoms with Crippen molar-refractivity contribution >= 4 is 5.78 Å². The number of carbonyl (C=O) groups is 1. The minimum atomic E-state index is 0.0285. The number of hydrogen-bond acceptors (Lipinski definition) is 3. The van der Waals surface area contributed by atoms with Crippen LogP contribution in [0.5, 0.6) is 11.5 Å². The van der Waals surface area contributed by atoms with Gasteiger partial charge in [0.15, 0.2) is 17.3 Å². The Balaban J connectivity index is 2.74. The number of benzene rings is 1. The van der Waals surface area contributed by atoms with E-state index >= 15 is 0 Å². The first kappa shape index (κ1) is 11.3. The van der Waals surface area contributed by atoms with Gasteiger partial charge in [0.05, 0.1) is 7.11 Å². The van der Waals surface area contributed by atoms with Crippen LogP contribution in [-0.4, -0.2) is 18.0 Å². The maximum atomic E-state index is 10.7. The first-order valence-electron chi connectivity index (χ1n) is 4.66. The van der Waals surface area contributed by atoms with Gasteiger partial charge in [0.25, 0.3) is 0 Å². The van der Waals surface area contributed by atoms with Crippen molar-refractivity contribution in [1.29, 1.82) is 0 Å². The van der Waals surface area contributed by atoms with Crippen LogP contribution in [0.4, 0.5) is 0 Å². The summed E-state index contributed by atoms with van der Waals surface area (Å²) < 4.78 is 4.97. The lowest BCUT2D eigenvalue weighted by atomic mass is 10.1. The molecule has 0 heterocycles. The molecule has 0 aliphatic heterocycles. The van der Waals surface area contributed by atoms with Gasteiger partial charge >= 0.3 is 0 Å². The van der Waals surface area contributed by atoms with Gasteiger partial charge in [0.1, 0.15) is 0 Å². The van der Waals surface area contributed by atoms with Gasteiger partial charge in [0.2, 0.25) is 0 Å². The Morgan fingerprint density at radius 2 is 2.27 bits per heavy atom. The molecular weight excluding hydrogens is 192 g/mol. The van der Waals surface area contributed by atoms with Crippen molar-refractivity contribution in [3.8, 4) is 11.5 Å². The van der Waals surface area contributed by atoms with Crippen LogP contribution in [0.15, 0.2) is 30.4 Å². The summed E-state index contributed by atoms with van der Waals surface area (Å²) in [4.78, 5) is 10.7. The average Bonchev–Trinajstić information content (AvgIpc) is 2.20. The third-order valence-electron chi connectivity index (χ3n) is 1.95. The lowest BCUT2D eigenvalue weighted by molar-refractivity contribution is -0.112. The first-order chi connectivity index (χ1) is 7.13. The fraction of sp³-hybridized carbons (Fsp3) is 0.250. The monoisotopic (exact) mass is 206 g/mol. The molecule has 15 heavy (non-hydrogen) atoms. The van der Waals surface area contributed by atoms with Crippen molar-refractivity contribution in [3.63, 3.8) is 0 Å². The summed E-state index contributed by atoms with van der Waals surface area (Å²) in [6.45, 7) is 1.51. The molecule has 0 aromatic heterocycles. The molecule has 0 saturated carbocycles. The molecule has 0 fully saturated rings. The fourth-order valence-corrected chi connectivity index (χ4v) is 1.21. The van der Waals surface area contributed by atoms with E-state index in [9.17, 15) is 9.90 Å². The SMILES string of the molecule is COc1cc(CC=CC(C)=O)ccc1O. The van der Waals surface area contributed by atoms with Gasteiger partial charge in [-0.1, -0.05) is 12.1 Å². The van der Waals surface area contributed by atoms with Gasteiger partial charge in [-0.3, -0.25) is 4.79 Å². The van der Waals surface area contributed by atoms with Gasteiger partial charge in [-0.05, 0) is 37.1 Å². The first-order valence-corrected chi connectivity index (χ1v) is 4.66. The van der Waals surface area contributed by atoms with Crippen LogP contribution in [-0.2, 0) is 11.2 Å². The Kier molecular flexibility index (Phi) is 3.92. The maximum Gasteiger partial charge on any atom is 0.160 e. The summed E-state index contributed by atoms with van der Waals surface area (Å²) in [5, 5.41) is 9.35. The molecule has 3 heteroatoms. The predicted molar refractivity (Wildman–Crippen MR) is 58.2 cm³/mol. The number of rotatable bonds is 4. The molecule has 0 aliphatic rings. The van der Waals surface area contributed by atoms with Gasteiger partial charge in [-0.2, -0.15) is 0 Å². The summed E-state index contributed by atoms with van der Waals surface area (Å²) >= 11 is 0. The Morgan fingerprint density at radius 1 is 1.53 bits per heavy atom. The third-order valence-corrected chi connectivity index (χ3v) is 1.95. The van der Waals surface area contributed by atoms with E-state index in [1.807, 2.05) is 0 Å². The van der Waals surface area contributed by atoms with Crippen LogP contribution < -0.4 is 4.74 Å². The van der Waals surface area contributed by atoms with Crippen LogP contribution in [0.1, 0.15) is 12.5 Å². The van der Waals surface area contributed by atoms with Crippen LogP contribution in [0.3, 0.4) is 0 Å². The van der Waals surface area contributed by atoms with Crippen molar-refractivity contribution < 1.29 is 14.6 Å². The maximum absolute atomic E-state index is 10.7. The van der Waals surface area contributed by atoms with E-state index in [-0.39, 0.29) is 11.5 Å². The Morgan fingerprint density at radius 3 is 2.87 bits per heavy atom. The van der Waals surface area contributed by atoms with Crippen molar-refractivity contribution in [1.82, 2.24) is 0 Å². The number of phenolic OH excluding ortho intramolecular Hbond substituents is 1. The number of methoxy groups -OCH3 is 1. The molecule has 0 amide bonds. The largest absolute Gasteiger partial charge is 0.504 e. The van der Waals surface area contributed by atoms with Crippen LogP contribution >= 0.6 is 0 Å². The lowest BCUT2D eigenvalue weighted by Crippen LogP contribution is -1.88. The zero-order valence-corrected chi connectivity index (χ0v) is 8.86. The number of aromatic hydroxyl groups is 1. The standard InChI is InChI=1S/C12H14O3/c1-9(13)4-3-5-10-6-7-11(14)12(8-10)15-2/h3-4,6-8,14H,5H2,1-2H3. The molecular formula is C12H14O3. The Bertz CT molecular complexity index is 380. The molecule has 1 aromatic carbocycles. The third kappa shape index (κ3) is 3.46. The molecule has 1 N–H and O–H groups in total. The number of hydrogen-bond donors (Lipinski definition) is 1. The van der Waals surface area contributed by atoms with E-state index in [0.717, 1.165) is 5.56 Å². The van der Waals surface area contributed by atoms with Gasteiger partial charge in [-0.25, -0.2) is 0 Å². The highest BCUT2D eigenvalue weighted by molar-refractivity contribution is 5.87. The Labute approximate surface area is 89.0 Å². The van der Waals surface area contributed by atoms with Crippen LogP contribution in [0.2, 0.25) is 0 Å². The van der Waals surface area contributed by atoms with Crippen molar-refractivity contribution in [2.75, 3.05) is 7.11 Å². The second-order valence-electron chi connectivity index (χ2n) is 3.22. The molecule has 0 spiro atoms. The Hall–Kier alpha value is -1.77. The molecule has 0 atom stereocenters. The molecule has 80 valence electrons. The minimum absolute atomic E-state index is 0.0285. The molecule has 0 bridgehead atoms. The van der Waals surface area contributed by atoms with Crippen molar-refractivity contribution in [2.45, 2.75) is 13.3 Å². The zero-order valence-electron chi connectivity index (χ0n) is 8.86.